The minimum Gasteiger partial charge on any atom is -0.310 e. The van der Waals surface area contributed by atoms with E-state index in [1.165, 1.54) is 10.9 Å². The summed E-state index contributed by atoms with van der Waals surface area (Å²) in [5.41, 5.74) is 3.51. The molecule has 2 aromatic rings. The third-order valence-electron chi connectivity index (χ3n) is 3.58. The number of hydrogen-bond donors (Lipinski definition) is 1. The number of pyridine rings is 1. The van der Waals surface area contributed by atoms with Gasteiger partial charge in [-0.3, -0.25) is 4.98 Å². The van der Waals surface area contributed by atoms with E-state index in [2.05, 4.69) is 67.4 Å². The molecular weight excluding hydrogens is 246 g/mol. The van der Waals surface area contributed by atoms with Crippen molar-refractivity contribution in [2.75, 3.05) is 20.6 Å². The molecule has 0 aliphatic heterocycles. The van der Waals surface area contributed by atoms with Crippen LogP contribution in [0.5, 0.6) is 0 Å². The van der Waals surface area contributed by atoms with Gasteiger partial charge in [-0.1, -0.05) is 18.2 Å². The first-order valence-electron chi connectivity index (χ1n) is 7.29. The molecule has 1 unspecified atom stereocenters. The van der Waals surface area contributed by atoms with Crippen LogP contribution in [-0.4, -0.2) is 36.6 Å². The summed E-state index contributed by atoms with van der Waals surface area (Å²) in [7, 11) is 4.24. The second-order valence-corrected chi connectivity index (χ2v) is 5.81. The number of aromatic nitrogens is 1. The van der Waals surface area contributed by atoms with E-state index in [1.54, 1.807) is 0 Å². The SMILES string of the molecule is Cc1cc(CNC(C)CCN(C)C)c2ccccc2n1. The summed E-state index contributed by atoms with van der Waals surface area (Å²) in [6.45, 7) is 6.33. The van der Waals surface area contributed by atoms with Crippen molar-refractivity contribution in [2.24, 2.45) is 0 Å². The molecule has 3 nitrogen and oxygen atoms in total. The van der Waals surface area contributed by atoms with Gasteiger partial charge in [0, 0.05) is 23.7 Å². The first-order chi connectivity index (χ1) is 9.56. The largest absolute Gasteiger partial charge is 0.310 e. The van der Waals surface area contributed by atoms with Gasteiger partial charge >= 0.3 is 0 Å². The average Bonchev–Trinajstić information content (AvgIpc) is 2.42. The van der Waals surface area contributed by atoms with Gasteiger partial charge in [0.25, 0.3) is 0 Å². The summed E-state index contributed by atoms with van der Waals surface area (Å²) in [5.74, 6) is 0. The fourth-order valence-corrected chi connectivity index (χ4v) is 2.38. The zero-order valence-electron chi connectivity index (χ0n) is 13.0. The third-order valence-corrected chi connectivity index (χ3v) is 3.58. The fourth-order valence-electron chi connectivity index (χ4n) is 2.38. The van der Waals surface area contributed by atoms with Gasteiger partial charge < -0.3 is 10.2 Å². The first kappa shape index (κ1) is 14.9. The minimum atomic E-state index is 0.518. The van der Waals surface area contributed by atoms with Gasteiger partial charge in [0.1, 0.15) is 0 Å². The summed E-state index contributed by atoms with van der Waals surface area (Å²) in [6, 6.07) is 11.1. The lowest BCUT2D eigenvalue weighted by Crippen LogP contribution is -2.29. The lowest BCUT2D eigenvalue weighted by Gasteiger charge is -2.17. The van der Waals surface area contributed by atoms with Gasteiger partial charge in [0.05, 0.1) is 5.52 Å². The molecule has 0 fully saturated rings. The molecule has 0 aliphatic carbocycles. The Kier molecular flexibility index (Phi) is 5.10. The van der Waals surface area contributed by atoms with Crippen molar-refractivity contribution in [1.82, 2.24) is 15.2 Å². The van der Waals surface area contributed by atoms with Crippen molar-refractivity contribution in [3.63, 3.8) is 0 Å². The molecular formula is C17H25N3. The van der Waals surface area contributed by atoms with Crippen LogP contribution in [0.1, 0.15) is 24.6 Å². The van der Waals surface area contributed by atoms with Crippen LogP contribution in [0.4, 0.5) is 0 Å². The van der Waals surface area contributed by atoms with Crippen LogP contribution in [0.3, 0.4) is 0 Å². The van der Waals surface area contributed by atoms with E-state index in [0.29, 0.717) is 6.04 Å². The number of fused-ring (bicyclic) bond motifs is 1. The zero-order chi connectivity index (χ0) is 14.5. The van der Waals surface area contributed by atoms with Gasteiger partial charge in [0.15, 0.2) is 0 Å². The van der Waals surface area contributed by atoms with Gasteiger partial charge in [-0.2, -0.15) is 0 Å². The molecule has 0 aliphatic rings. The van der Waals surface area contributed by atoms with Gasteiger partial charge in [0.2, 0.25) is 0 Å². The number of aryl methyl sites for hydroxylation is 1. The van der Waals surface area contributed by atoms with Crippen LogP contribution < -0.4 is 5.32 Å². The van der Waals surface area contributed by atoms with Crippen molar-refractivity contribution >= 4 is 10.9 Å². The second-order valence-electron chi connectivity index (χ2n) is 5.81. The standard InChI is InChI=1S/C17H25N3/c1-13(9-10-20(3)4)18-12-15-11-14(2)19-17-8-6-5-7-16(15)17/h5-8,11,13,18H,9-10,12H2,1-4H3. The van der Waals surface area contributed by atoms with Crippen LogP contribution in [0.2, 0.25) is 0 Å². The molecule has 1 N–H and O–H groups in total. The maximum Gasteiger partial charge on any atom is 0.0708 e. The molecule has 0 bridgehead atoms. The van der Waals surface area contributed by atoms with Crippen LogP contribution >= 0.6 is 0 Å². The van der Waals surface area contributed by atoms with Crippen molar-refractivity contribution in [1.29, 1.82) is 0 Å². The van der Waals surface area contributed by atoms with Gasteiger partial charge in [-0.15, -0.1) is 0 Å². The molecule has 0 spiro atoms. The van der Waals surface area contributed by atoms with E-state index in [1.807, 2.05) is 6.07 Å². The predicted molar refractivity (Wildman–Crippen MR) is 86.0 cm³/mol. The van der Waals surface area contributed by atoms with Gasteiger partial charge in [-0.25, -0.2) is 0 Å². The number of rotatable bonds is 6. The van der Waals surface area contributed by atoms with Crippen molar-refractivity contribution in [3.05, 3.63) is 41.6 Å². The topological polar surface area (TPSA) is 28.2 Å². The van der Waals surface area contributed by atoms with Crippen LogP contribution in [0, 0.1) is 6.92 Å². The Morgan fingerprint density at radius 3 is 2.75 bits per heavy atom. The van der Waals surface area contributed by atoms with E-state index in [0.717, 1.165) is 30.7 Å². The maximum atomic E-state index is 4.59. The highest BCUT2D eigenvalue weighted by Crippen LogP contribution is 2.18. The molecule has 0 radical (unpaired) electrons. The minimum absolute atomic E-state index is 0.518. The maximum absolute atomic E-state index is 4.59. The summed E-state index contributed by atoms with van der Waals surface area (Å²) < 4.78 is 0. The monoisotopic (exact) mass is 271 g/mol. The highest BCUT2D eigenvalue weighted by molar-refractivity contribution is 5.82. The molecule has 0 amide bonds. The molecule has 20 heavy (non-hydrogen) atoms. The summed E-state index contributed by atoms with van der Waals surface area (Å²) in [6.07, 6.45) is 1.16. The quantitative estimate of drug-likeness (QED) is 0.875. The Labute approximate surface area is 122 Å². The van der Waals surface area contributed by atoms with Gasteiger partial charge in [-0.05, 0) is 58.6 Å². The summed E-state index contributed by atoms with van der Waals surface area (Å²) in [4.78, 5) is 6.81. The van der Waals surface area contributed by atoms with Crippen LogP contribution in [0.15, 0.2) is 30.3 Å². The molecule has 0 saturated carbocycles. The molecule has 3 heteroatoms. The van der Waals surface area contributed by atoms with E-state index in [4.69, 9.17) is 0 Å². The number of hydrogen-bond acceptors (Lipinski definition) is 3. The lowest BCUT2D eigenvalue weighted by atomic mass is 10.1. The normalized spacial score (nSPS) is 13.1. The Morgan fingerprint density at radius 2 is 2.00 bits per heavy atom. The molecule has 1 aromatic carbocycles. The van der Waals surface area contributed by atoms with Crippen molar-refractivity contribution < 1.29 is 0 Å². The second kappa shape index (κ2) is 6.82. The molecule has 2 rings (SSSR count). The number of para-hydroxylation sites is 1. The Bertz CT molecular complexity index is 563. The molecule has 1 aromatic heterocycles. The number of nitrogens with zero attached hydrogens (tertiary/aromatic N) is 2. The van der Waals surface area contributed by atoms with Crippen LogP contribution in [0.25, 0.3) is 10.9 Å². The highest BCUT2D eigenvalue weighted by Gasteiger charge is 2.06. The Hall–Kier alpha value is -1.45. The number of benzene rings is 1. The predicted octanol–water partition coefficient (Wildman–Crippen LogP) is 2.97. The Balaban J connectivity index is 2.06. The highest BCUT2D eigenvalue weighted by atomic mass is 15.1. The number of nitrogens with one attached hydrogen (secondary N) is 1. The van der Waals surface area contributed by atoms with E-state index in [9.17, 15) is 0 Å². The fraction of sp³-hybridized carbons (Fsp3) is 0.471. The molecule has 0 saturated heterocycles. The summed E-state index contributed by atoms with van der Waals surface area (Å²) >= 11 is 0. The summed E-state index contributed by atoms with van der Waals surface area (Å²) in [5, 5.41) is 4.87. The molecule has 1 atom stereocenters. The van der Waals surface area contributed by atoms with E-state index in [-0.39, 0.29) is 0 Å². The Morgan fingerprint density at radius 1 is 1.25 bits per heavy atom. The third kappa shape index (κ3) is 4.02. The van der Waals surface area contributed by atoms with Crippen molar-refractivity contribution in [3.8, 4) is 0 Å². The average molecular weight is 271 g/mol. The van der Waals surface area contributed by atoms with E-state index >= 15 is 0 Å². The zero-order valence-corrected chi connectivity index (χ0v) is 13.0. The smallest absolute Gasteiger partial charge is 0.0708 e. The van der Waals surface area contributed by atoms with Crippen molar-refractivity contribution in [2.45, 2.75) is 32.9 Å². The lowest BCUT2D eigenvalue weighted by molar-refractivity contribution is 0.366. The molecule has 108 valence electrons. The van der Waals surface area contributed by atoms with Crippen LogP contribution in [-0.2, 0) is 6.54 Å². The van der Waals surface area contributed by atoms with E-state index < -0.39 is 0 Å². The first-order valence-corrected chi connectivity index (χ1v) is 7.29. The molecule has 1 heterocycles.